The third-order valence-corrected chi connectivity index (χ3v) is 5.22. The van der Waals surface area contributed by atoms with Gasteiger partial charge in [-0.25, -0.2) is 0 Å². The monoisotopic (exact) mass is 425 g/mol. The fourth-order valence-corrected chi connectivity index (χ4v) is 3.63. The van der Waals surface area contributed by atoms with Gasteiger partial charge in [0.05, 0.1) is 12.6 Å². The minimum Gasteiger partial charge on any atom is -0.486 e. The fourth-order valence-electron chi connectivity index (χ4n) is 3.63. The summed E-state index contributed by atoms with van der Waals surface area (Å²) in [7, 11) is 3.51. The third kappa shape index (κ3) is 5.98. The van der Waals surface area contributed by atoms with Gasteiger partial charge in [0.25, 0.3) is 5.91 Å². The summed E-state index contributed by atoms with van der Waals surface area (Å²) in [4.78, 5) is 26.3. The Labute approximate surface area is 183 Å². The topological polar surface area (TPSA) is 79.9 Å². The zero-order chi connectivity index (χ0) is 22.4. The molecule has 2 aromatic rings. The first kappa shape index (κ1) is 22.6. The van der Waals surface area contributed by atoms with E-state index in [4.69, 9.17) is 9.47 Å². The normalized spacial score (nSPS) is 13.7. The Morgan fingerprint density at radius 3 is 2.35 bits per heavy atom. The Hall–Kier alpha value is -3.06. The molecule has 0 bridgehead atoms. The molecule has 2 amide bonds. The molecule has 1 heterocycles. The molecule has 0 fully saturated rings. The number of fused-ring (bicyclic) bond motifs is 1. The Morgan fingerprint density at radius 2 is 1.71 bits per heavy atom. The van der Waals surface area contributed by atoms with E-state index < -0.39 is 0 Å². The van der Waals surface area contributed by atoms with Crippen molar-refractivity contribution >= 4 is 11.8 Å². The number of carbonyl (C=O) groups excluding carboxylic acids is 2. The van der Waals surface area contributed by atoms with Crippen LogP contribution < -0.4 is 20.1 Å². The van der Waals surface area contributed by atoms with Crippen LogP contribution in [0.5, 0.6) is 11.5 Å². The predicted octanol–water partition coefficient (Wildman–Crippen LogP) is 2.76. The summed E-state index contributed by atoms with van der Waals surface area (Å²) in [5, 5.41) is 5.77. The van der Waals surface area contributed by atoms with Crippen molar-refractivity contribution in [2.24, 2.45) is 5.92 Å². The maximum absolute atomic E-state index is 12.7. The molecule has 1 aliphatic heterocycles. The molecule has 0 spiro atoms. The van der Waals surface area contributed by atoms with Gasteiger partial charge in [0.15, 0.2) is 11.5 Å². The molecular formula is C24H31N3O4. The van der Waals surface area contributed by atoms with Crippen LogP contribution in [0.3, 0.4) is 0 Å². The van der Waals surface area contributed by atoms with Crippen molar-refractivity contribution in [1.29, 1.82) is 0 Å². The Balaban J connectivity index is 1.59. The first-order valence-electron chi connectivity index (χ1n) is 10.6. The van der Waals surface area contributed by atoms with Crippen molar-refractivity contribution in [1.82, 2.24) is 15.5 Å². The molecule has 7 heteroatoms. The fraction of sp³-hybridized carbons (Fsp3) is 0.417. The summed E-state index contributed by atoms with van der Waals surface area (Å²) in [6.45, 7) is 6.13. The van der Waals surface area contributed by atoms with Crippen LogP contribution in [0.25, 0.3) is 0 Å². The van der Waals surface area contributed by atoms with E-state index in [2.05, 4.69) is 24.5 Å². The van der Waals surface area contributed by atoms with Crippen LogP contribution >= 0.6 is 0 Å². The van der Waals surface area contributed by atoms with E-state index in [1.807, 2.05) is 42.3 Å². The van der Waals surface area contributed by atoms with Gasteiger partial charge in [0.1, 0.15) is 13.2 Å². The lowest BCUT2D eigenvalue weighted by atomic mass is 9.95. The van der Waals surface area contributed by atoms with Crippen LogP contribution in [0.15, 0.2) is 42.5 Å². The number of hydrogen-bond acceptors (Lipinski definition) is 5. The Kier molecular flexibility index (Phi) is 7.52. The summed E-state index contributed by atoms with van der Waals surface area (Å²) < 4.78 is 11.3. The molecule has 0 aliphatic carbocycles. The van der Waals surface area contributed by atoms with Crippen molar-refractivity contribution in [2.45, 2.75) is 26.4 Å². The van der Waals surface area contributed by atoms with E-state index in [-0.39, 0.29) is 30.3 Å². The van der Waals surface area contributed by atoms with Crippen molar-refractivity contribution in [3.05, 3.63) is 59.2 Å². The molecule has 3 rings (SSSR count). The zero-order valence-corrected chi connectivity index (χ0v) is 18.6. The molecule has 1 atom stereocenters. The highest BCUT2D eigenvalue weighted by Gasteiger charge is 2.22. The SMILES string of the molecule is CNC(=O)c1ccc(CN(C)CC(=O)N[C@H](c2ccc3c(c2)OCCO3)C(C)C)cc1. The van der Waals surface area contributed by atoms with E-state index >= 15 is 0 Å². The van der Waals surface area contributed by atoms with Crippen LogP contribution in [0.2, 0.25) is 0 Å². The average Bonchev–Trinajstić information content (AvgIpc) is 2.76. The highest BCUT2D eigenvalue weighted by Crippen LogP contribution is 2.34. The number of hydrogen-bond donors (Lipinski definition) is 2. The van der Waals surface area contributed by atoms with Crippen molar-refractivity contribution in [3.8, 4) is 11.5 Å². The van der Waals surface area contributed by atoms with Gasteiger partial charge in [-0.05, 0) is 48.4 Å². The standard InChI is InChI=1S/C24H31N3O4/c1-16(2)23(19-9-10-20-21(13-19)31-12-11-30-20)26-22(28)15-27(4)14-17-5-7-18(8-6-17)24(29)25-3/h5-10,13,16,23H,11-12,14-15H2,1-4H3,(H,25,29)(H,26,28)/t23-/m0/s1. The van der Waals surface area contributed by atoms with Gasteiger partial charge in [-0.2, -0.15) is 0 Å². The smallest absolute Gasteiger partial charge is 0.251 e. The number of ether oxygens (including phenoxy) is 2. The molecule has 2 N–H and O–H groups in total. The van der Waals surface area contributed by atoms with Crippen molar-refractivity contribution in [3.63, 3.8) is 0 Å². The maximum atomic E-state index is 12.7. The molecule has 0 unspecified atom stereocenters. The van der Waals surface area contributed by atoms with Gasteiger partial charge in [-0.3, -0.25) is 14.5 Å². The van der Waals surface area contributed by atoms with Gasteiger partial charge in [-0.1, -0.05) is 32.0 Å². The predicted molar refractivity (Wildman–Crippen MR) is 119 cm³/mol. The number of amides is 2. The molecule has 1 aliphatic rings. The molecule has 0 radical (unpaired) electrons. The number of likely N-dealkylation sites (N-methyl/N-ethyl adjacent to an activating group) is 1. The van der Waals surface area contributed by atoms with E-state index in [9.17, 15) is 9.59 Å². The van der Waals surface area contributed by atoms with Gasteiger partial charge < -0.3 is 20.1 Å². The molecule has 0 saturated carbocycles. The van der Waals surface area contributed by atoms with Crippen LogP contribution in [-0.4, -0.2) is 50.6 Å². The summed E-state index contributed by atoms with van der Waals surface area (Å²) in [5.74, 6) is 1.53. The first-order chi connectivity index (χ1) is 14.9. The highest BCUT2D eigenvalue weighted by atomic mass is 16.6. The quantitative estimate of drug-likeness (QED) is 0.680. The second kappa shape index (κ2) is 10.3. The average molecular weight is 426 g/mol. The van der Waals surface area contributed by atoms with Gasteiger partial charge in [-0.15, -0.1) is 0 Å². The molecule has 7 nitrogen and oxygen atoms in total. The van der Waals surface area contributed by atoms with Gasteiger partial charge >= 0.3 is 0 Å². The molecule has 2 aromatic carbocycles. The summed E-state index contributed by atoms with van der Waals surface area (Å²) in [6.07, 6.45) is 0. The van der Waals surface area contributed by atoms with E-state index in [0.29, 0.717) is 25.3 Å². The number of nitrogens with one attached hydrogen (secondary N) is 2. The highest BCUT2D eigenvalue weighted by molar-refractivity contribution is 5.93. The number of benzene rings is 2. The van der Waals surface area contributed by atoms with Gasteiger partial charge in [0, 0.05) is 19.2 Å². The molecule has 166 valence electrons. The summed E-state index contributed by atoms with van der Waals surface area (Å²) in [6, 6.07) is 13.1. The van der Waals surface area contributed by atoms with Crippen LogP contribution in [0.1, 0.15) is 41.4 Å². The lowest BCUT2D eigenvalue weighted by Crippen LogP contribution is -2.38. The second-order valence-corrected chi connectivity index (χ2v) is 8.14. The number of nitrogens with zero attached hydrogens (tertiary/aromatic N) is 1. The minimum atomic E-state index is -0.122. The largest absolute Gasteiger partial charge is 0.486 e. The Morgan fingerprint density at radius 1 is 1.03 bits per heavy atom. The van der Waals surface area contributed by atoms with Crippen molar-refractivity contribution < 1.29 is 19.1 Å². The summed E-state index contributed by atoms with van der Waals surface area (Å²) in [5.41, 5.74) is 2.65. The summed E-state index contributed by atoms with van der Waals surface area (Å²) >= 11 is 0. The van der Waals surface area contributed by atoms with Gasteiger partial charge in [0.2, 0.25) is 5.91 Å². The first-order valence-corrected chi connectivity index (χ1v) is 10.6. The lowest BCUT2D eigenvalue weighted by Gasteiger charge is -2.26. The molecule has 0 aromatic heterocycles. The molecular weight excluding hydrogens is 394 g/mol. The molecule has 31 heavy (non-hydrogen) atoms. The number of carbonyl (C=O) groups is 2. The van der Waals surface area contributed by atoms with E-state index in [0.717, 1.165) is 22.6 Å². The van der Waals surface area contributed by atoms with Crippen molar-refractivity contribution in [2.75, 3.05) is 33.9 Å². The minimum absolute atomic E-state index is 0.0435. The lowest BCUT2D eigenvalue weighted by molar-refractivity contribution is -0.123. The maximum Gasteiger partial charge on any atom is 0.251 e. The number of rotatable bonds is 8. The zero-order valence-electron chi connectivity index (χ0n) is 18.6. The van der Waals surface area contributed by atoms with Crippen LogP contribution in [0, 0.1) is 5.92 Å². The van der Waals surface area contributed by atoms with Crippen LogP contribution in [0.4, 0.5) is 0 Å². The second-order valence-electron chi connectivity index (χ2n) is 8.14. The van der Waals surface area contributed by atoms with E-state index in [1.165, 1.54) is 0 Å². The molecule has 0 saturated heterocycles. The Bertz CT molecular complexity index is 912. The van der Waals surface area contributed by atoms with E-state index in [1.54, 1.807) is 19.2 Å². The van der Waals surface area contributed by atoms with Crippen LogP contribution in [-0.2, 0) is 11.3 Å². The third-order valence-electron chi connectivity index (χ3n) is 5.22.